The Hall–Kier alpha value is -3.64. The van der Waals surface area contributed by atoms with E-state index in [4.69, 9.17) is 0 Å². The van der Waals surface area contributed by atoms with Crippen LogP contribution in [0.4, 0.5) is 0 Å². The van der Waals surface area contributed by atoms with E-state index >= 15 is 0 Å². The van der Waals surface area contributed by atoms with Gasteiger partial charge in [-0.2, -0.15) is 0 Å². The zero-order chi connectivity index (χ0) is 28.2. The highest BCUT2D eigenvalue weighted by molar-refractivity contribution is 6.22. The molecule has 0 saturated carbocycles. The molecule has 41 heavy (non-hydrogen) atoms. The summed E-state index contributed by atoms with van der Waals surface area (Å²) in [7, 11) is 0. The van der Waals surface area contributed by atoms with Gasteiger partial charge in [-0.1, -0.05) is 37.6 Å². The Morgan fingerprint density at radius 2 is 1.66 bits per heavy atom. The molecule has 6 heteroatoms. The number of allylic oxidation sites excluding steroid dienone is 2. The number of Topliss-reactive ketones (excluding diaryl/α,β-unsaturated/α-hetero) is 1. The molecule has 1 aliphatic carbocycles. The van der Waals surface area contributed by atoms with E-state index in [0.29, 0.717) is 12.1 Å². The monoisotopic (exact) mass is 548 g/mol. The van der Waals surface area contributed by atoms with Crippen LogP contribution in [0.5, 0.6) is 0 Å². The normalized spacial score (nSPS) is 18.1. The molecular weight excluding hydrogens is 508 g/mol. The van der Waals surface area contributed by atoms with Gasteiger partial charge in [0.25, 0.3) is 5.91 Å². The third-order valence-corrected chi connectivity index (χ3v) is 8.84. The number of likely N-dealkylation sites (tertiary alicyclic amines) is 2. The average molecular weight is 549 g/mol. The molecule has 2 saturated heterocycles. The van der Waals surface area contributed by atoms with Gasteiger partial charge in [-0.05, 0) is 104 Å². The van der Waals surface area contributed by atoms with Crippen LogP contribution >= 0.6 is 0 Å². The third kappa shape index (κ3) is 6.33. The number of hydrogen-bond acceptors (Lipinski definition) is 5. The first-order valence-corrected chi connectivity index (χ1v) is 15.3. The fourth-order valence-electron chi connectivity index (χ4n) is 6.51. The van der Waals surface area contributed by atoms with Gasteiger partial charge in [0.05, 0.1) is 0 Å². The van der Waals surface area contributed by atoms with Crippen LogP contribution in [0.1, 0.15) is 78.2 Å². The van der Waals surface area contributed by atoms with Crippen molar-refractivity contribution >= 4 is 17.3 Å². The van der Waals surface area contributed by atoms with Crippen LogP contribution in [0.2, 0.25) is 0 Å². The van der Waals surface area contributed by atoms with E-state index in [9.17, 15) is 9.59 Å². The Labute approximate surface area is 243 Å². The van der Waals surface area contributed by atoms with Crippen LogP contribution in [0.15, 0.2) is 61.1 Å². The van der Waals surface area contributed by atoms with Gasteiger partial charge in [0.2, 0.25) is 0 Å². The van der Waals surface area contributed by atoms with E-state index in [1.54, 1.807) is 6.20 Å². The lowest BCUT2D eigenvalue weighted by Crippen LogP contribution is -2.29. The molecule has 1 aromatic carbocycles. The molecule has 212 valence electrons. The number of carbonyl (C=O) groups excluding carboxylic acids is 2. The zero-order valence-electron chi connectivity index (χ0n) is 24.1. The lowest BCUT2D eigenvalue weighted by atomic mass is 9.82. The predicted molar refractivity (Wildman–Crippen MR) is 162 cm³/mol. The van der Waals surface area contributed by atoms with E-state index in [0.717, 1.165) is 86.2 Å². The van der Waals surface area contributed by atoms with E-state index in [1.807, 2.05) is 36.4 Å². The maximum absolute atomic E-state index is 13.8. The Morgan fingerprint density at radius 3 is 2.44 bits per heavy atom. The summed E-state index contributed by atoms with van der Waals surface area (Å²) in [5.41, 5.74) is 8.02. The molecule has 2 aliphatic heterocycles. The van der Waals surface area contributed by atoms with Crippen molar-refractivity contribution in [1.82, 2.24) is 19.8 Å². The molecule has 6 rings (SSSR count). The van der Waals surface area contributed by atoms with Crippen molar-refractivity contribution in [3.8, 4) is 11.1 Å². The van der Waals surface area contributed by atoms with E-state index in [2.05, 4.69) is 45.2 Å². The van der Waals surface area contributed by atoms with Gasteiger partial charge in [0, 0.05) is 55.3 Å². The highest BCUT2D eigenvalue weighted by atomic mass is 16.2. The minimum Gasteiger partial charge on any atom is -0.337 e. The summed E-state index contributed by atoms with van der Waals surface area (Å²) in [6.07, 6.45) is 16.2. The standard InChI is InChI=1S/C35H40N4O2/c1-25(18-26-10-13-33(37-22-26)35(41)39-16-5-6-17-39)34(40)31-9-7-8-28-11-12-29(20-32(28)31)30-19-27(21-36-23-30)24-38-14-3-2-4-15-38/h9-13,19-23,25H,2-8,14-18,24H2,1H3/t25-/m1/s1. The molecule has 1 atom stereocenters. The van der Waals surface area contributed by atoms with Crippen LogP contribution in [0.3, 0.4) is 0 Å². The minimum atomic E-state index is -0.188. The zero-order valence-corrected chi connectivity index (χ0v) is 24.1. The molecule has 2 fully saturated rings. The van der Waals surface area contributed by atoms with Crippen LogP contribution in [0.25, 0.3) is 16.7 Å². The fourth-order valence-corrected chi connectivity index (χ4v) is 6.51. The van der Waals surface area contributed by atoms with Crippen molar-refractivity contribution < 1.29 is 9.59 Å². The van der Waals surface area contributed by atoms with Crippen molar-refractivity contribution in [2.24, 2.45) is 5.92 Å². The Morgan fingerprint density at radius 1 is 0.854 bits per heavy atom. The van der Waals surface area contributed by atoms with Gasteiger partial charge < -0.3 is 4.90 Å². The quantitative estimate of drug-likeness (QED) is 0.338. The number of carbonyl (C=O) groups is 2. The molecule has 3 aliphatic rings. The predicted octanol–water partition coefficient (Wildman–Crippen LogP) is 6.14. The molecule has 0 spiro atoms. The second kappa shape index (κ2) is 12.5. The van der Waals surface area contributed by atoms with Crippen molar-refractivity contribution in [1.29, 1.82) is 0 Å². The topological polar surface area (TPSA) is 66.4 Å². The molecule has 1 amide bonds. The van der Waals surface area contributed by atoms with Crippen molar-refractivity contribution in [3.05, 3.63) is 89.0 Å². The Balaban J connectivity index is 1.16. The SMILES string of the molecule is C[C@H](Cc1ccc(C(=O)N2CCCC2)nc1)C(=O)C1=CCCc2ccc(-c3cncc(CN4CCCCC4)c3)cc21. The number of ketones is 1. The maximum atomic E-state index is 13.8. The van der Waals surface area contributed by atoms with Gasteiger partial charge in [0.15, 0.2) is 5.78 Å². The Bertz CT molecular complexity index is 1430. The molecular formula is C35H40N4O2. The number of hydrogen-bond donors (Lipinski definition) is 0. The molecule has 0 bridgehead atoms. The summed E-state index contributed by atoms with van der Waals surface area (Å²) in [5.74, 6) is -0.0187. The van der Waals surface area contributed by atoms with Crippen molar-refractivity contribution in [3.63, 3.8) is 0 Å². The molecule has 2 aromatic heterocycles. The molecule has 0 radical (unpaired) electrons. The number of aryl methyl sites for hydroxylation is 1. The van der Waals surface area contributed by atoms with E-state index in [1.165, 1.54) is 30.4 Å². The Kier molecular flexibility index (Phi) is 8.38. The van der Waals surface area contributed by atoms with Gasteiger partial charge in [-0.25, -0.2) is 0 Å². The summed E-state index contributed by atoms with van der Waals surface area (Å²) < 4.78 is 0. The van der Waals surface area contributed by atoms with Gasteiger partial charge in [-0.15, -0.1) is 0 Å². The van der Waals surface area contributed by atoms with Crippen LogP contribution < -0.4 is 0 Å². The first kappa shape index (κ1) is 27.5. The van der Waals surface area contributed by atoms with Gasteiger partial charge >= 0.3 is 0 Å². The summed E-state index contributed by atoms with van der Waals surface area (Å²) in [5, 5.41) is 0. The summed E-state index contributed by atoms with van der Waals surface area (Å²) >= 11 is 0. The lowest BCUT2D eigenvalue weighted by Gasteiger charge is -2.26. The minimum absolute atomic E-state index is 0.00480. The second-order valence-corrected chi connectivity index (χ2v) is 12.0. The summed E-state index contributed by atoms with van der Waals surface area (Å²) in [6.45, 7) is 6.88. The number of fused-ring (bicyclic) bond motifs is 1. The molecule has 3 aromatic rings. The fraction of sp³-hybridized carbons (Fsp3) is 0.429. The lowest BCUT2D eigenvalue weighted by molar-refractivity contribution is -0.116. The second-order valence-electron chi connectivity index (χ2n) is 12.0. The van der Waals surface area contributed by atoms with Crippen LogP contribution in [-0.4, -0.2) is 57.6 Å². The highest BCUT2D eigenvalue weighted by Gasteiger charge is 2.25. The van der Waals surface area contributed by atoms with Crippen molar-refractivity contribution in [2.45, 2.75) is 64.8 Å². The summed E-state index contributed by atoms with van der Waals surface area (Å²) in [6, 6.07) is 12.6. The number of aromatic nitrogens is 2. The van der Waals surface area contributed by atoms with E-state index < -0.39 is 0 Å². The number of piperidine rings is 1. The van der Waals surface area contributed by atoms with Gasteiger partial charge in [0.1, 0.15) is 5.69 Å². The number of nitrogens with zero attached hydrogens (tertiary/aromatic N) is 4. The summed E-state index contributed by atoms with van der Waals surface area (Å²) in [4.78, 5) is 39.8. The molecule has 0 unspecified atom stereocenters. The maximum Gasteiger partial charge on any atom is 0.272 e. The number of benzene rings is 1. The van der Waals surface area contributed by atoms with Gasteiger partial charge in [-0.3, -0.25) is 24.5 Å². The average Bonchev–Trinajstić information content (AvgIpc) is 3.56. The number of rotatable bonds is 8. The van der Waals surface area contributed by atoms with Crippen LogP contribution in [-0.2, 0) is 24.2 Å². The molecule has 0 N–H and O–H groups in total. The molecule has 4 heterocycles. The smallest absolute Gasteiger partial charge is 0.272 e. The first-order chi connectivity index (χ1) is 20.0. The number of amides is 1. The van der Waals surface area contributed by atoms with Crippen molar-refractivity contribution in [2.75, 3.05) is 26.2 Å². The number of pyridine rings is 2. The van der Waals surface area contributed by atoms with E-state index in [-0.39, 0.29) is 17.6 Å². The molecule has 6 nitrogen and oxygen atoms in total. The first-order valence-electron chi connectivity index (χ1n) is 15.3. The third-order valence-electron chi connectivity index (χ3n) is 8.84. The largest absolute Gasteiger partial charge is 0.337 e. The van der Waals surface area contributed by atoms with Crippen LogP contribution in [0, 0.1) is 5.92 Å². The highest BCUT2D eigenvalue weighted by Crippen LogP contribution is 2.33.